The molecule has 2 aromatic heterocycles. The summed E-state index contributed by atoms with van der Waals surface area (Å²) in [5, 5.41) is 5.87. The van der Waals surface area contributed by atoms with E-state index in [2.05, 4.69) is 47.3 Å². The molecule has 26 heavy (non-hydrogen) atoms. The highest BCUT2D eigenvalue weighted by atomic mass is 35.5. The number of piperidine rings is 1. The molecule has 3 aromatic rings. The first kappa shape index (κ1) is 17.8. The Labute approximate surface area is 164 Å². The molecule has 0 aliphatic carbocycles. The van der Waals surface area contributed by atoms with Crippen LogP contribution in [-0.4, -0.2) is 23.1 Å². The van der Waals surface area contributed by atoms with E-state index in [1.807, 2.05) is 0 Å². The van der Waals surface area contributed by atoms with Crippen molar-refractivity contribution < 1.29 is 0 Å². The minimum atomic E-state index is 0.349. The summed E-state index contributed by atoms with van der Waals surface area (Å²) in [7, 11) is 0. The smallest absolute Gasteiger partial charge is 0.0697 e. The summed E-state index contributed by atoms with van der Waals surface area (Å²) >= 11 is 12.9. The molecule has 0 spiro atoms. The summed E-state index contributed by atoms with van der Waals surface area (Å²) < 4.78 is 0. The summed E-state index contributed by atoms with van der Waals surface area (Å²) in [4.78, 5) is 7.65. The molecule has 3 heterocycles. The van der Waals surface area contributed by atoms with Crippen LogP contribution in [0.2, 0.25) is 10.0 Å². The van der Waals surface area contributed by atoms with Crippen LogP contribution in [0.1, 0.15) is 49.7 Å². The van der Waals surface area contributed by atoms with Crippen LogP contribution >= 0.6 is 23.2 Å². The molecule has 1 fully saturated rings. The molecule has 0 saturated carbocycles. The van der Waals surface area contributed by atoms with Gasteiger partial charge in [0.2, 0.25) is 0 Å². The molecular weight excluding hydrogens is 365 g/mol. The zero-order chi connectivity index (χ0) is 18.3. The molecular formula is C21H23Cl2N3. The molecule has 5 heteroatoms. The Morgan fingerprint density at radius 3 is 2.42 bits per heavy atom. The van der Waals surface area contributed by atoms with Gasteiger partial charge in [-0.05, 0) is 61.0 Å². The van der Waals surface area contributed by atoms with E-state index in [1.165, 1.54) is 29.4 Å². The third kappa shape index (κ3) is 3.13. The first-order valence-electron chi connectivity index (χ1n) is 9.22. The molecule has 1 saturated heterocycles. The van der Waals surface area contributed by atoms with Gasteiger partial charge < -0.3 is 10.3 Å². The van der Waals surface area contributed by atoms with Crippen molar-refractivity contribution in [3.8, 4) is 11.3 Å². The van der Waals surface area contributed by atoms with Gasteiger partial charge in [-0.3, -0.25) is 4.98 Å². The number of rotatable bonds is 3. The Morgan fingerprint density at radius 2 is 1.77 bits per heavy atom. The van der Waals surface area contributed by atoms with Gasteiger partial charge in [-0.25, -0.2) is 0 Å². The number of pyridine rings is 1. The van der Waals surface area contributed by atoms with Crippen molar-refractivity contribution in [1.82, 2.24) is 15.3 Å². The molecule has 0 amide bonds. The van der Waals surface area contributed by atoms with Crippen LogP contribution in [0, 0.1) is 0 Å². The summed E-state index contributed by atoms with van der Waals surface area (Å²) in [5.41, 5.74) is 5.68. The van der Waals surface area contributed by atoms with Crippen LogP contribution in [0.15, 0.2) is 30.6 Å². The van der Waals surface area contributed by atoms with Gasteiger partial charge in [0.15, 0.2) is 0 Å². The van der Waals surface area contributed by atoms with Gasteiger partial charge in [-0.15, -0.1) is 0 Å². The van der Waals surface area contributed by atoms with Crippen LogP contribution in [0.4, 0.5) is 0 Å². The quantitative estimate of drug-likeness (QED) is 0.567. The number of nitrogens with zero attached hydrogens (tertiary/aromatic N) is 1. The lowest BCUT2D eigenvalue weighted by atomic mass is 9.88. The van der Waals surface area contributed by atoms with Crippen molar-refractivity contribution in [1.29, 1.82) is 0 Å². The lowest BCUT2D eigenvalue weighted by molar-refractivity contribution is 0.460. The molecule has 3 nitrogen and oxygen atoms in total. The maximum absolute atomic E-state index is 6.45. The van der Waals surface area contributed by atoms with Crippen molar-refractivity contribution in [2.45, 2.75) is 38.5 Å². The van der Waals surface area contributed by atoms with E-state index in [9.17, 15) is 0 Å². The first-order valence-corrected chi connectivity index (χ1v) is 9.97. The topological polar surface area (TPSA) is 40.7 Å². The minimum absolute atomic E-state index is 0.349. The first-order chi connectivity index (χ1) is 12.6. The van der Waals surface area contributed by atoms with Gasteiger partial charge in [-0.2, -0.15) is 0 Å². The second kappa shape index (κ2) is 7.22. The second-order valence-electron chi connectivity index (χ2n) is 7.38. The van der Waals surface area contributed by atoms with E-state index in [-0.39, 0.29) is 0 Å². The van der Waals surface area contributed by atoms with Crippen LogP contribution in [-0.2, 0) is 0 Å². The standard InChI is InChI=1S/C21H23Cl2N3/c1-12(2)19-15-9-14(13-5-7-24-8-6-13)3-4-18(15)26-21(19)20-16(22)10-25-11-17(20)23/h3-4,9-13,24,26H,5-8H2,1-2H3. The van der Waals surface area contributed by atoms with E-state index >= 15 is 0 Å². The van der Waals surface area contributed by atoms with E-state index < -0.39 is 0 Å². The third-order valence-corrected chi connectivity index (χ3v) is 5.93. The minimum Gasteiger partial charge on any atom is -0.354 e. The molecule has 0 bridgehead atoms. The number of aromatic amines is 1. The summed E-state index contributed by atoms with van der Waals surface area (Å²) in [6.07, 6.45) is 5.70. The fourth-order valence-electron chi connectivity index (χ4n) is 4.09. The van der Waals surface area contributed by atoms with Crippen molar-refractivity contribution >= 4 is 34.1 Å². The Kier molecular flexibility index (Phi) is 4.96. The highest BCUT2D eigenvalue weighted by molar-refractivity contribution is 6.39. The van der Waals surface area contributed by atoms with Crippen molar-refractivity contribution in [3.63, 3.8) is 0 Å². The number of hydrogen-bond acceptors (Lipinski definition) is 2. The van der Waals surface area contributed by atoms with Crippen molar-refractivity contribution in [3.05, 3.63) is 51.8 Å². The van der Waals surface area contributed by atoms with E-state index in [4.69, 9.17) is 23.2 Å². The molecule has 136 valence electrons. The Morgan fingerprint density at radius 1 is 1.08 bits per heavy atom. The van der Waals surface area contributed by atoms with Gasteiger partial charge in [-0.1, -0.05) is 43.1 Å². The summed E-state index contributed by atoms with van der Waals surface area (Å²) in [6, 6.07) is 6.83. The van der Waals surface area contributed by atoms with Crippen LogP contribution in [0.3, 0.4) is 0 Å². The highest BCUT2D eigenvalue weighted by Gasteiger charge is 2.22. The molecule has 0 unspecified atom stereocenters. The number of H-pyrrole nitrogens is 1. The van der Waals surface area contributed by atoms with Crippen molar-refractivity contribution in [2.24, 2.45) is 0 Å². The number of halogens is 2. The fourth-order valence-corrected chi connectivity index (χ4v) is 4.64. The number of nitrogens with one attached hydrogen (secondary N) is 2. The second-order valence-corrected chi connectivity index (χ2v) is 8.19. The summed E-state index contributed by atoms with van der Waals surface area (Å²) in [6.45, 7) is 6.62. The normalized spacial score (nSPS) is 15.9. The van der Waals surface area contributed by atoms with Crippen LogP contribution < -0.4 is 5.32 Å². The third-order valence-electron chi connectivity index (χ3n) is 5.35. The van der Waals surface area contributed by atoms with Gasteiger partial charge in [0.25, 0.3) is 0 Å². The average Bonchev–Trinajstić information content (AvgIpc) is 3.00. The van der Waals surface area contributed by atoms with E-state index in [0.29, 0.717) is 21.9 Å². The number of aromatic nitrogens is 2. The van der Waals surface area contributed by atoms with Crippen LogP contribution in [0.5, 0.6) is 0 Å². The number of hydrogen-bond donors (Lipinski definition) is 2. The zero-order valence-electron chi connectivity index (χ0n) is 15.1. The SMILES string of the molecule is CC(C)c1c(-c2c(Cl)cncc2Cl)[nH]c2ccc(C3CCNCC3)cc12. The average molecular weight is 388 g/mol. The lowest BCUT2D eigenvalue weighted by Crippen LogP contribution is -2.26. The molecule has 4 rings (SSSR count). The molecule has 1 aliphatic heterocycles. The molecule has 1 aromatic carbocycles. The predicted molar refractivity (Wildman–Crippen MR) is 110 cm³/mol. The molecule has 0 atom stereocenters. The van der Waals surface area contributed by atoms with Gasteiger partial charge in [0.05, 0.1) is 15.7 Å². The number of benzene rings is 1. The van der Waals surface area contributed by atoms with Gasteiger partial charge >= 0.3 is 0 Å². The Hall–Kier alpha value is -1.55. The lowest BCUT2D eigenvalue weighted by Gasteiger charge is -2.23. The maximum Gasteiger partial charge on any atom is 0.0697 e. The summed E-state index contributed by atoms with van der Waals surface area (Å²) in [5.74, 6) is 0.981. The predicted octanol–water partition coefficient (Wildman–Crippen LogP) is 6.13. The molecule has 1 aliphatic rings. The highest BCUT2D eigenvalue weighted by Crippen LogP contribution is 2.42. The van der Waals surface area contributed by atoms with Crippen LogP contribution in [0.25, 0.3) is 22.2 Å². The Balaban J connectivity index is 1.90. The van der Waals surface area contributed by atoms with Crippen molar-refractivity contribution in [2.75, 3.05) is 13.1 Å². The molecule has 0 radical (unpaired) electrons. The number of fused-ring (bicyclic) bond motifs is 1. The zero-order valence-corrected chi connectivity index (χ0v) is 16.6. The monoisotopic (exact) mass is 387 g/mol. The van der Waals surface area contributed by atoms with Gasteiger partial charge in [0.1, 0.15) is 0 Å². The maximum atomic E-state index is 6.45. The molecule has 2 N–H and O–H groups in total. The fraction of sp³-hybridized carbons (Fsp3) is 0.381. The van der Waals surface area contributed by atoms with Gasteiger partial charge in [0, 0.05) is 28.9 Å². The largest absolute Gasteiger partial charge is 0.354 e. The van der Waals surface area contributed by atoms with E-state index in [1.54, 1.807) is 12.4 Å². The Bertz CT molecular complexity index is 920. The van der Waals surface area contributed by atoms with E-state index in [0.717, 1.165) is 29.9 Å².